The van der Waals surface area contributed by atoms with Crippen LogP contribution in [0.3, 0.4) is 0 Å². The summed E-state index contributed by atoms with van der Waals surface area (Å²) in [4.78, 5) is 26.1. The summed E-state index contributed by atoms with van der Waals surface area (Å²) >= 11 is 0. The first-order chi connectivity index (χ1) is 17.3. The maximum Gasteiger partial charge on any atom is 0.338 e. The monoisotopic (exact) mass is 496 g/mol. The van der Waals surface area contributed by atoms with Gasteiger partial charge in [0.15, 0.2) is 0 Å². The van der Waals surface area contributed by atoms with Crippen LogP contribution in [0.4, 0.5) is 0 Å². The van der Waals surface area contributed by atoms with Crippen LogP contribution in [0.1, 0.15) is 139 Å². The molecular formula is C32H48O4. The van der Waals surface area contributed by atoms with E-state index < -0.39 is 11.2 Å². The first-order valence-corrected chi connectivity index (χ1v) is 14.3. The third-order valence-corrected chi connectivity index (χ3v) is 7.98. The van der Waals surface area contributed by atoms with Crippen molar-refractivity contribution in [3.63, 3.8) is 0 Å². The fourth-order valence-electron chi connectivity index (χ4n) is 5.00. The number of hydrogen-bond donors (Lipinski definition) is 0. The van der Waals surface area contributed by atoms with E-state index in [9.17, 15) is 9.59 Å². The molecule has 200 valence electrons. The molecule has 0 saturated heterocycles. The van der Waals surface area contributed by atoms with Gasteiger partial charge in [-0.05, 0) is 86.4 Å². The lowest BCUT2D eigenvalue weighted by Gasteiger charge is -2.32. The zero-order valence-corrected chi connectivity index (χ0v) is 23.6. The number of hydrogen-bond acceptors (Lipinski definition) is 4. The standard InChI is InChI=1S/C32H48O4/c1-7-13-15-21-31(9-3,10-4)35-29(33)27-19-17-26-24-28(20-18-25(26)23-27)30(34)36-32(11-5,12-6)22-16-14-8-2/h17-20,23-24H,7-16,21-22H2,1-6H3. The maximum atomic E-state index is 13.1. The first-order valence-electron chi connectivity index (χ1n) is 14.3. The van der Waals surface area contributed by atoms with E-state index in [4.69, 9.17) is 9.47 Å². The van der Waals surface area contributed by atoms with Gasteiger partial charge in [0.25, 0.3) is 0 Å². The number of carbonyl (C=O) groups is 2. The molecule has 2 aromatic carbocycles. The number of rotatable bonds is 16. The van der Waals surface area contributed by atoms with E-state index in [2.05, 4.69) is 41.5 Å². The first kappa shape index (κ1) is 29.9. The van der Waals surface area contributed by atoms with Gasteiger partial charge in [0.05, 0.1) is 11.1 Å². The normalized spacial score (nSPS) is 12.1. The maximum absolute atomic E-state index is 13.1. The van der Waals surface area contributed by atoms with Crippen LogP contribution in [0.5, 0.6) is 0 Å². The van der Waals surface area contributed by atoms with Crippen molar-refractivity contribution in [2.75, 3.05) is 0 Å². The molecular weight excluding hydrogens is 448 g/mol. The van der Waals surface area contributed by atoms with Crippen molar-refractivity contribution >= 4 is 22.7 Å². The van der Waals surface area contributed by atoms with Gasteiger partial charge in [-0.25, -0.2) is 9.59 Å². The number of benzene rings is 2. The smallest absolute Gasteiger partial charge is 0.338 e. The summed E-state index contributed by atoms with van der Waals surface area (Å²) in [5.41, 5.74) is 0.284. The molecule has 36 heavy (non-hydrogen) atoms. The molecule has 0 amide bonds. The van der Waals surface area contributed by atoms with Crippen LogP contribution < -0.4 is 0 Å². The highest BCUT2D eigenvalue weighted by Crippen LogP contribution is 2.31. The Balaban J connectivity index is 2.18. The van der Waals surface area contributed by atoms with Gasteiger partial charge < -0.3 is 9.47 Å². The lowest BCUT2D eigenvalue weighted by Crippen LogP contribution is -2.34. The molecule has 0 N–H and O–H groups in total. The molecule has 0 atom stereocenters. The lowest BCUT2D eigenvalue weighted by molar-refractivity contribution is -0.0294. The average molecular weight is 497 g/mol. The summed E-state index contributed by atoms with van der Waals surface area (Å²) in [6.45, 7) is 12.8. The zero-order valence-electron chi connectivity index (χ0n) is 23.6. The van der Waals surface area contributed by atoms with Gasteiger partial charge in [-0.2, -0.15) is 0 Å². The molecule has 2 aromatic rings. The number of esters is 2. The van der Waals surface area contributed by atoms with E-state index in [1.165, 1.54) is 0 Å². The van der Waals surface area contributed by atoms with Crippen LogP contribution in [0.2, 0.25) is 0 Å². The summed E-state index contributed by atoms with van der Waals surface area (Å²) in [6.07, 6.45) is 11.8. The molecule has 0 unspecified atom stereocenters. The van der Waals surface area contributed by atoms with E-state index in [0.29, 0.717) is 11.1 Å². The minimum Gasteiger partial charge on any atom is -0.456 e. The van der Waals surface area contributed by atoms with Crippen LogP contribution in [0.25, 0.3) is 10.8 Å². The molecule has 0 aliphatic heterocycles. The molecule has 4 nitrogen and oxygen atoms in total. The van der Waals surface area contributed by atoms with E-state index >= 15 is 0 Å². The Labute approximate surface area is 219 Å². The van der Waals surface area contributed by atoms with Crippen molar-refractivity contribution in [2.24, 2.45) is 0 Å². The second-order valence-corrected chi connectivity index (χ2v) is 10.3. The molecule has 0 aromatic heterocycles. The van der Waals surface area contributed by atoms with E-state index in [1.807, 2.05) is 24.3 Å². The van der Waals surface area contributed by atoms with Gasteiger partial charge in [-0.15, -0.1) is 0 Å². The quantitative estimate of drug-likeness (QED) is 0.171. The van der Waals surface area contributed by atoms with E-state index in [0.717, 1.165) is 87.8 Å². The Morgan fingerprint density at radius 1 is 0.583 bits per heavy atom. The predicted molar refractivity (Wildman–Crippen MR) is 150 cm³/mol. The Morgan fingerprint density at radius 3 is 1.25 bits per heavy atom. The number of ether oxygens (including phenoxy) is 2. The lowest BCUT2D eigenvalue weighted by atomic mass is 9.90. The van der Waals surface area contributed by atoms with Crippen LogP contribution in [-0.2, 0) is 9.47 Å². The van der Waals surface area contributed by atoms with E-state index in [1.54, 1.807) is 12.1 Å². The predicted octanol–water partition coefficient (Wildman–Crippen LogP) is 9.43. The number of fused-ring (bicyclic) bond motifs is 1. The molecule has 4 heteroatoms. The highest BCUT2D eigenvalue weighted by atomic mass is 16.6. The van der Waals surface area contributed by atoms with Crippen molar-refractivity contribution in [3.05, 3.63) is 47.5 Å². The fraction of sp³-hybridized carbons (Fsp3) is 0.625. The van der Waals surface area contributed by atoms with Crippen LogP contribution in [-0.4, -0.2) is 23.1 Å². The third kappa shape index (κ3) is 7.82. The molecule has 0 bridgehead atoms. The average Bonchev–Trinajstić information content (AvgIpc) is 2.91. The molecule has 0 aliphatic rings. The molecule has 0 heterocycles. The molecule has 0 aliphatic carbocycles. The van der Waals surface area contributed by atoms with Gasteiger partial charge >= 0.3 is 11.9 Å². The Morgan fingerprint density at radius 2 is 0.944 bits per heavy atom. The number of unbranched alkanes of at least 4 members (excludes halogenated alkanes) is 4. The Hall–Kier alpha value is -2.36. The van der Waals surface area contributed by atoms with Crippen molar-refractivity contribution in [1.29, 1.82) is 0 Å². The third-order valence-electron chi connectivity index (χ3n) is 7.98. The second-order valence-electron chi connectivity index (χ2n) is 10.3. The molecule has 0 radical (unpaired) electrons. The van der Waals surface area contributed by atoms with Gasteiger partial charge in [-0.3, -0.25) is 0 Å². The van der Waals surface area contributed by atoms with Crippen molar-refractivity contribution < 1.29 is 19.1 Å². The summed E-state index contributed by atoms with van der Waals surface area (Å²) < 4.78 is 12.2. The van der Waals surface area contributed by atoms with Crippen molar-refractivity contribution in [1.82, 2.24) is 0 Å². The van der Waals surface area contributed by atoms with Gasteiger partial charge in [0.2, 0.25) is 0 Å². The summed E-state index contributed by atoms with van der Waals surface area (Å²) in [5, 5.41) is 1.82. The fourth-order valence-corrected chi connectivity index (χ4v) is 5.00. The van der Waals surface area contributed by atoms with Crippen LogP contribution >= 0.6 is 0 Å². The van der Waals surface area contributed by atoms with Crippen LogP contribution in [0, 0.1) is 0 Å². The van der Waals surface area contributed by atoms with Gasteiger partial charge in [0, 0.05) is 0 Å². The topological polar surface area (TPSA) is 52.6 Å². The van der Waals surface area contributed by atoms with Gasteiger partial charge in [-0.1, -0.05) is 79.4 Å². The number of carbonyl (C=O) groups excluding carboxylic acids is 2. The highest BCUT2D eigenvalue weighted by Gasteiger charge is 2.32. The SMILES string of the molecule is CCCCCC(CC)(CC)OC(=O)c1ccc2cc(C(=O)OC(CC)(CC)CCCCC)ccc2c1. The summed E-state index contributed by atoms with van der Waals surface area (Å²) in [7, 11) is 0. The minimum atomic E-state index is -0.406. The minimum absolute atomic E-state index is 0.275. The van der Waals surface area contributed by atoms with Crippen LogP contribution in [0.15, 0.2) is 36.4 Å². The zero-order chi connectivity index (χ0) is 26.6. The van der Waals surface area contributed by atoms with Crippen molar-refractivity contribution in [3.8, 4) is 0 Å². The summed E-state index contributed by atoms with van der Waals surface area (Å²) in [5.74, 6) is -0.549. The Bertz CT molecular complexity index is 890. The Kier molecular flexibility index (Phi) is 11.9. The van der Waals surface area contributed by atoms with Gasteiger partial charge in [0.1, 0.15) is 11.2 Å². The second kappa shape index (κ2) is 14.4. The van der Waals surface area contributed by atoms with Crippen molar-refractivity contribution in [2.45, 2.75) is 130 Å². The largest absolute Gasteiger partial charge is 0.456 e. The molecule has 0 saturated carbocycles. The molecule has 0 fully saturated rings. The molecule has 2 rings (SSSR count). The van der Waals surface area contributed by atoms with E-state index in [-0.39, 0.29) is 11.9 Å². The highest BCUT2D eigenvalue weighted by molar-refractivity contribution is 5.99. The summed E-state index contributed by atoms with van der Waals surface area (Å²) in [6, 6.07) is 11.1. The molecule has 0 spiro atoms.